The summed E-state index contributed by atoms with van der Waals surface area (Å²) in [6, 6.07) is 8.43. The first-order chi connectivity index (χ1) is 12.4. The number of hydrogen-bond donors (Lipinski definition) is 2. The van der Waals surface area contributed by atoms with Crippen LogP contribution in [0.1, 0.15) is 25.6 Å². The van der Waals surface area contributed by atoms with Gasteiger partial charge in [0.2, 0.25) is 5.55 Å². The Morgan fingerprint density at radius 3 is 2.65 bits per heavy atom. The Bertz CT molecular complexity index is 1070. The number of fused-ring (bicyclic) bond motifs is 1. The van der Waals surface area contributed by atoms with Crippen molar-refractivity contribution in [3.63, 3.8) is 0 Å². The molecule has 0 atom stereocenters. The van der Waals surface area contributed by atoms with Gasteiger partial charge in [-0.2, -0.15) is 0 Å². The minimum atomic E-state index is -0.546. The normalized spacial score (nSPS) is 10.6. The summed E-state index contributed by atoms with van der Waals surface area (Å²) in [5, 5.41) is 11.7. The van der Waals surface area contributed by atoms with Gasteiger partial charge in [0.1, 0.15) is 10.6 Å². The summed E-state index contributed by atoms with van der Waals surface area (Å²) < 4.78 is 15.4. The molecule has 2 aromatic heterocycles. The van der Waals surface area contributed by atoms with Gasteiger partial charge in [-0.1, -0.05) is 12.1 Å². The van der Waals surface area contributed by atoms with Crippen LogP contribution in [-0.4, -0.2) is 26.1 Å². The number of thiophene rings is 1. The molecule has 0 radical (unpaired) electrons. The fourth-order valence-corrected chi connectivity index (χ4v) is 3.40. The predicted octanol–water partition coefficient (Wildman–Crippen LogP) is 3.33. The highest BCUT2D eigenvalue weighted by Gasteiger charge is 2.20. The Kier molecular flexibility index (Phi) is 4.77. The molecule has 0 saturated heterocycles. The van der Waals surface area contributed by atoms with E-state index in [1.807, 2.05) is 6.92 Å². The summed E-state index contributed by atoms with van der Waals surface area (Å²) in [7, 11) is 2.78. The number of benzene rings is 1. The van der Waals surface area contributed by atoms with Gasteiger partial charge in [0, 0.05) is 10.3 Å². The molecule has 3 aromatic rings. The van der Waals surface area contributed by atoms with Gasteiger partial charge in [-0.3, -0.25) is 10.2 Å². The van der Waals surface area contributed by atoms with E-state index in [0.29, 0.717) is 21.7 Å². The number of para-hydroxylation sites is 1. The summed E-state index contributed by atoms with van der Waals surface area (Å²) >= 11 is 1.25. The maximum absolute atomic E-state index is 12.6. The number of ether oxygens (including phenoxy) is 2. The lowest BCUT2D eigenvalue weighted by molar-refractivity contribution is 0.0602. The molecule has 8 heteroatoms. The third-order valence-corrected chi connectivity index (χ3v) is 4.68. The number of carbonyl (C=O) groups excluding carboxylic acids is 2. The topological polar surface area (TPSA) is 102 Å². The van der Waals surface area contributed by atoms with Crippen molar-refractivity contribution in [3.8, 4) is 5.75 Å². The second-order valence-electron chi connectivity index (χ2n) is 5.41. The van der Waals surface area contributed by atoms with Crippen LogP contribution in [0.15, 0.2) is 34.7 Å². The SMILES string of the molecule is COC(=O)c1cc(C)sc1NC(=O)c1cc2cccc(OC)c2oc1=N. The number of esters is 1. The fraction of sp³-hybridized carbons (Fsp3) is 0.167. The maximum Gasteiger partial charge on any atom is 0.340 e. The third kappa shape index (κ3) is 3.18. The summed E-state index contributed by atoms with van der Waals surface area (Å²) in [5.41, 5.74) is 0.410. The van der Waals surface area contributed by atoms with Crippen molar-refractivity contribution in [1.82, 2.24) is 0 Å². The standard InChI is InChI=1S/C18H16N2O5S/c1-9-7-12(18(22)24-3)17(26-9)20-16(21)11-8-10-5-4-6-13(23-2)14(10)25-15(11)19/h4-8,19H,1-3H3,(H,20,21). The van der Waals surface area contributed by atoms with Gasteiger partial charge >= 0.3 is 5.97 Å². The van der Waals surface area contributed by atoms with Crippen LogP contribution in [0.2, 0.25) is 0 Å². The summed E-state index contributed by atoms with van der Waals surface area (Å²) in [5.74, 6) is -0.607. The first kappa shape index (κ1) is 17.7. The van der Waals surface area contributed by atoms with E-state index in [9.17, 15) is 9.59 Å². The van der Waals surface area contributed by atoms with Crippen LogP contribution in [0.25, 0.3) is 11.0 Å². The number of methoxy groups -OCH3 is 2. The quantitative estimate of drug-likeness (QED) is 0.684. The van der Waals surface area contributed by atoms with Crippen LogP contribution in [0.3, 0.4) is 0 Å². The largest absolute Gasteiger partial charge is 0.493 e. The lowest BCUT2D eigenvalue weighted by Crippen LogP contribution is -2.21. The third-order valence-electron chi connectivity index (χ3n) is 3.71. The van der Waals surface area contributed by atoms with Crippen molar-refractivity contribution in [1.29, 1.82) is 5.41 Å². The van der Waals surface area contributed by atoms with Crippen molar-refractivity contribution in [2.75, 3.05) is 19.5 Å². The van der Waals surface area contributed by atoms with Crippen LogP contribution in [0.4, 0.5) is 5.00 Å². The second kappa shape index (κ2) is 7.01. The van der Waals surface area contributed by atoms with E-state index in [4.69, 9.17) is 19.3 Å². The highest BCUT2D eigenvalue weighted by Crippen LogP contribution is 2.29. The van der Waals surface area contributed by atoms with Gasteiger partial charge in [0.05, 0.1) is 19.8 Å². The van der Waals surface area contributed by atoms with Crippen LogP contribution >= 0.6 is 11.3 Å². The smallest absolute Gasteiger partial charge is 0.340 e. The first-order valence-corrected chi connectivity index (χ1v) is 8.41. The first-order valence-electron chi connectivity index (χ1n) is 7.60. The molecule has 2 N–H and O–H groups in total. The monoisotopic (exact) mass is 372 g/mol. The Morgan fingerprint density at radius 1 is 1.19 bits per heavy atom. The van der Waals surface area contributed by atoms with E-state index in [-0.39, 0.29) is 16.7 Å². The van der Waals surface area contributed by atoms with E-state index >= 15 is 0 Å². The molecule has 0 aliphatic carbocycles. The number of rotatable bonds is 4. The molecule has 0 spiro atoms. The number of carbonyl (C=O) groups is 2. The molecule has 0 aliphatic rings. The van der Waals surface area contributed by atoms with Crippen LogP contribution in [0.5, 0.6) is 5.75 Å². The number of hydrogen-bond acceptors (Lipinski definition) is 7. The Hall–Kier alpha value is -3.13. The lowest BCUT2D eigenvalue weighted by atomic mass is 10.1. The van der Waals surface area contributed by atoms with E-state index in [1.54, 1.807) is 30.3 Å². The van der Waals surface area contributed by atoms with E-state index in [1.165, 1.54) is 25.6 Å². The molecule has 7 nitrogen and oxygen atoms in total. The Labute approximate surface area is 152 Å². The van der Waals surface area contributed by atoms with E-state index < -0.39 is 11.9 Å². The number of anilines is 1. The molecule has 3 rings (SSSR count). The molecule has 0 fully saturated rings. The molecule has 0 unspecified atom stereocenters. The van der Waals surface area contributed by atoms with Crippen LogP contribution in [-0.2, 0) is 4.74 Å². The molecule has 0 aliphatic heterocycles. The number of amides is 1. The summed E-state index contributed by atoms with van der Waals surface area (Å²) in [4.78, 5) is 25.3. The van der Waals surface area contributed by atoms with Crippen LogP contribution in [0, 0.1) is 12.3 Å². The second-order valence-corrected chi connectivity index (χ2v) is 6.67. The van der Waals surface area contributed by atoms with Crippen molar-refractivity contribution in [3.05, 3.63) is 51.9 Å². The highest BCUT2D eigenvalue weighted by molar-refractivity contribution is 7.16. The average molecular weight is 372 g/mol. The van der Waals surface area contributed by atoms with Gasteiger partial charge in [0.25, 0.3) is 5.91 Å². The van der Waals surface area contributed by atoms with Crippen molar-refractivity contribution < 1.29 is 23.5 Å². The van der Waals surface area contributed by atoms with Gasteiger partial charge < -0.3 is 19.2 Å². The predicted molar refractivity (Wildman–Crippen MR) is 97.0 cm³/mol. The molecule has 134 valence electrons. The number of nitrogens with one attached hydrogen (secondary N) is 2. The Morgan fingerprint density at radius 2 is 1.96 bits per heavy atom. The number of aryl methyl sites for hydroxylation is 1. The molecular weight excluding hydrogens is 356 g/mol. The average Bonchev–Trinajstić information content (AvgIpc) is 3.00. The zero-order valence-corrected chi connectivity index (χ0v) is 15.2. The molecule has 1 amide bonds. The lowest BCUT2D eigenvalue weighted by Gasteiger charge is -2.08. The van der Waals surface area contributed by atoms with Gasteiger partial charge in [0.15, 0.2) is 11.3 Å². The fourth-order valence-electron chi connectivity index (χ4n) is 2.50. The Balaban J connectivity index is 2.00. The van der Waals surface area contributed by atoms with Gasteiger partial charge in [-0.15, -0.1) is 11.3 Å². The van der Waals surface area contributed by atoms with E-state index in [0.717, 1.165) is 4.88 Å². The zero-order chi connectivity index (χ0) is 18.8. The minimum Gasteiger partial charge on any atom is -0.493 e. The molecule has 1 aromatic carbocycles. The van der Waals surface area contributed by atoms with Crippen molar-refractivity contribution in [2.24, 2.45) is 0 Å². The van der Waals surface area contributed by atoms with E-state index in [2.05, 4.69) is 5.32 Å². The van der Waals surface area contributed by atoms with Gasteiger partial charge in [-0.25, -0.2) is 4.79 Å². The zero-order valence-electron chi connectivity index (χ0n) is 14.3. The highest BCUT2D eigenvalue weighted by atomic mass is 32.1. The van der Waals surface area contributed by atoms with Crippen LogP contribution < -0.4 is 15.6 Å². The maximum atomic E-state index is 12.6. The van der Waals surface area contributed by atoms with Crippen molar-refractivity contribution >= 4 is 39.2 Å². The molecule has 0 saturated carbocycles. The van der Waals surface area contributed by atoms with Gasteiger partial charge in [-0.05, 0) is 25.1 Å². The molecule has 2 heterocycles. The minimum absolute atomic E-state index is 0.0487. The summed E-state index contributed by atoms with van der Waals surface area (Å²) in [6.07, 6.45) is 0. The summed E-state index contributed by atoms with van der Waals surface area (Å²) in [6.45, 7) is 1.82. The molecule has 26 heavy (non-hydrogen) atoms. The molecular formula is C18H16N2O5S. The van der Waals surface area contributed by atoms with Crippen molar-refractivity contribution in [2.45, 2.75) is 6.92 Å². The molecule has 0 bridgehead atoms.